The van der Waals surface area contributed by atoms with Gasteiger partial charge in [-0.05, 0) is 24.6 Å². The molecule has 1 N–H and O–H groups in total. The highest BCUT2D eigenvalue weighted by Crippen LogP contribution is 2.25. The van der Waals surface area contributed by atoms with Gasteiger partial charge in [0.15, 0.2) is 0 Å². The van der Waals surface area contributed by atoms with Crippen molar-refractivity contribution in [1.82, 2.24) is 13.7 Å². The lowest BCUT2D eigenvalue weighted by molar-refractivity contribution is 0.475. The van der Waals surface area contributed by atoms with Crippen LogP contribution in [0.15, 0.2) is 23.1 Å². The lowest BCUT2D eigenvalue weighted by Gasteiger charge is -2.12. The normalized spacial score (nSPS) is 12.5. The number of hydrogen-bond donors (Lipinski definition) is 1. The minimum Gasteiger partial charge on any atom is -0.253 e. The van der Waals surface area contributed by atoms with Crippen LogP contribution in [0.1, 0.15) is 11.4 Å². The average molecular weight is 425 g/mol. The summed E-state index contributed by atoms with van der Waals surface area (Å²) in [7, 11) is -5.67. The van der Waals surface area contributed by atoms with Crippen molar-refractivity contribution in [3.63, 3.8) is 0 Å². The van der Waals surface area contributed by atoms with Gasteiger partial charge < -0.3 is 0 Å². The fraction of sp³-hybridized carbons (Fsp3) is 0.385. The molecule has 12 heteroatoms. The van der Waals surface area contributed by atoms with Gasteiger partial charge in [0.1, 0.15) is 5.82 Å². The number of nitrogens with zero attached hydrogens (tertiary/aromatic N) is 3. The first kappa shape index (κ1) is 20.0. The monoisotopic (exact) mass is 424 g/mol. The van der Waals surface area contributed by atoms with Crippen molar-refractivity contribution in [3.05, 3.63) is 34.6 Å². The van der Waals surface area contributed by atoms with E-state index in [0.717, 1.165) is 17.8 Å². The molecule has 0 amide bonds. The molecular weight excluding hydrogens is 408 g/mol. The molecule has 0 unspecified atom stereocenters. The summed E-state index contributed by atoms with van der Waals surface area (Å²) in [5.74, 6) is 0.362. The third-order valence-corrected chi connectivity index (χ3v) is 7.42. The predicted molar refractivity (Wildman–Crippen MR) is 98.1 cm³/mol. The summed E-state index contributed by atoms with van der Waals surface area (Å²) in [6, 6.07) is 4.61. The van der Waals surface area contributed by atoms with Gasteiger partial charge >= 0.3 is 0 Å². The van der Waals surface area contributed by atoms with Crippen LogP contribution in [0.2, 0.25) is 5.02 Å². The second kappa shape index (κ2) is 7.54. The molecule has 0 fully saturated rings. The zero-order chi connectivity index (χ0) is 18.8. The smallest absolute Gasteiger partial charge is 0.253 e. The Hall–Kier alpha value is -1.27. The van der Waals surface area contributed by atoms with Gasteiger partial charge in [0, 0.05) is 36.6 Å². The van der Waals surface area contributed by atoms with E-state index >= 15 is 0 Å². The van der Waals surface area contributed by atoms with Gasteiger partial charge in [0.25, 0.3) is 10.0 Å². The average Bonchev–Trinajstić information content (AvgIpc) is 2.93. The molecular formula is C13H17ClN4O4S3. The van der Waals surface area contributed by atoms with Gasteiger partial charge in [-0.3, -0.25) is 4.72 Å². The highest BCUT2D eigenvalue weighted by molar-refractivity contribution is 7.93. The van der Waals surface area contributed by atoms with Crippen molar-refractivity contribution in [2.75, 3.05) is 24.6 Å². The lowest BCUT2D eigenvalue weighted by Crippen LogP contribution is -2.27. The lowest BCUT2D eigenvalue weighted by atomic mass is 10.2. The first-order chi connectivity index (χ1) is 11.5. The zero-order valence-electron chi connectivity index (χ0n) is 13.7. The highest BCUT2D eigenvalue weighted by Gasteiger charge is 2.20. The summed E-state index contributed by atoms with van der Waals surface area (Å²) in [6.07, 6.45) is 1.38. The van der Waals surface area contributed by atoms with Crippen LogP contribution in [-0.4, -0.2) is 50.3 Å². The zero-order valence-corrected chi connectivity index (χ0v) is 16.9. The molecule has 1 aromatic heterocycles. The maximum absolute atomic E-state index is 12.5. The van der Waals surface area contributed by atoms with Crippen LogP contribution in [0.4, 0.5) is 5.13 Å². The van der Waals surface area contributed by atoms with Crippen molar-refractivity contribution in [2.45, 2.75) is 18.2 Å². The molecule has 0 aliphatic heterocycles. The summed E-state index contributed by atoms with van der Waals surface area (Å²) in [4.78, 5) is 4.15. The number of aromatic nitrogens is 2. The van der Waals surface area contributed by atoms with Crippen LogP contribution in [-0.2, 0) is 26.5 Å². The number of likely N-dealkylation sites (N-methyl/N-ethyl adjacent to an activating group) is 1. The molecule has 0 bridgehead atoms. The molecule has 1 heterocycles. The van der Waals surface area contributed by atoms with Crippen molar-refractivity contribution < 1.29 is 16.8 Å². The van der Waals surface area contributed by atoms with E-state index in [4.69, 9.17) is 11.6 Å². The van der Waals surface area contributed by atoms with E-state index in [9.17, 15) is 16.8 Å². The SMILES string of the molecule is Cc1c(Cl)cccc1S(=O)(=O)Nc1nc(CCN(C)S(C)(=O)=O)ns1. The number of benzene rings is 1. The molecule has 0 aliphatic rings. The van der Waals surface area contributed by atoms with E-state index in [0.29, 0.717) is 16.4 Å². The number of halogens is 1. The van der Waals surface area contributed by atoms with Gasteiger partial charge in [-0.2, -0.15) is 4.37 Å². The summed E-state index contributed by atoms with van der Waals surface area (Å²) in [5, 5.41) is 0.459. The van der Waals surface area contributed by atoms with Gasteiger partial charge in [-0.1, -0.05) is 17.7 Å². The molecule has 8 nitrogen and oxygen atoms in total. The molecule has 1 aromatic carbocycles. The third-order valence-electron chi connectivity index (χ3n) is 3.41. The Morgan fingerprint density at radius 2 is 1.96 bits per heavy atom. The van der Waals surface area contributed by atoms with E-state index in [1.54, 1.807) is 19.1 Å². The van der Waals surface area contributed by atoms with E-state index < -0.39 is 20.0 Å². The van der Waals surface area contributed by atoms with Crippen LogP contribution in [0, 0.1) is 6.92 Å². The van der Waals surface area contributed by atoms with Crippen LogP contribution < -0.4 is 4.72 Å². The van der Waals surface area contributed by atoms with Crippen molar-refractivity contribution in [3.8, 4) is 0 Å². The molecule has 2 aromatic rings. The summed E-state index contributed by atoms with van der Waals surface area (Å²) < 4.78 is 55.2. The number of anilines is 1. The topological polar surface area (TPSA) is 109 Å². The van der Waals surface area contributed by atoms with Crippen molar-refractivity contribution >= 4 is 48.3 Å². The minimum atomic E-state index is -3.84. The fourth-order valence-corrected chi connectivity index (χ4v) is 4.63. The van der Waals surface area contributed by atoms with Crippen LogP contribution >= 0.6 is 23.1 Å². The van der Waals surface area contributed by atoms with E-state index in [2.05, 4.69) is 14.1 Å². The molecule has 138 valence electrons. The third kappa shape index (κ3) is 5.11. The second-order valence-electron chi connectivity index (χ2n) is 5.32. The summed E-state index contributed by atoms with van der Waals surface area (Å²) in [5.41, 5.74) is 0.441. The minimum absolute atomic E-state index is 0.0635. The first-order valence-corrected chi connectivity index (χ1v) is 11.5. The van der Waals surface area contributed by atoms with Crippen molar-refractivity contribution in [1.29, 1.82) is 0 Å². The fourth-order valence-electron chi connectivity index (χ4n) is 1.87. The number of nitrogens with one attached hydrogen (secondary N) is 1. The van der Waals surface area contributed by atoms with Crippen molar-refractivity contribution in [2.24, 2.45) is 0 Å². The Kier molecular flexibility index (Phi) is 6.05. The number of sulfonamides is 2. The Morgan fingerprint density at radius 3 is 2.60 bits per heavy atom. The Bertz CT molecular complexity index is 973. The summed E-state index contributed by atoms with van der Waals surface area (Å²) in [6.45, 7) is 1.82. The maximum atomic E-state index is 12.5. The highest BCUT2D eigenvalue weighted by atomic mass is 35.5. The van der Waals surface area contributed by atoms with E-state index in [1.807, 2.05) is 0 Å². The standard InChI is InChI=1S/C13H17ClN4O4S3/c1-9-10(14)5-4-6-11(9)25(21,22)17-13-15-12(16-23-13)7-8-18(2)24(3,19)20/h4-6H,7-8H2,1-3H3,(H,15,16,17). The second-order valence-corrected chi connectivity index (χ2v) is 10.2. The Labute approximate surface area is 156 Å². The van der Waals surface area contributed by atoms with Gasteiger partial charge in [-0.25, -0.2) is 26.1 Å². The molecule has 0 saturated heterocycles. The van der Waals surface area contributed by atoms with E-state index in [-0.39, 0.29) is 23.0 Å². The van der Waals surface area contributed by atoms with Crippen LogP contribution in [0.25, 0.3) is 0 Å². The summed E-state index contributed by atoms with van der Waals surface area (Å²) >= 11 is 6.85. The molecule has 2 rings (SSSR count). The van der Waals surface area contributed by atoms with Crippen LogP contribution in [0.3, 0.4) is 0 Å². The predicted octanol–water partition coefficient (Wildman–Crippen LogP) is 1.73. The van der Waals surface area contributed by atoms with Gasteiger partial charge in [0.2, 0.25) is 15.2 Å². The molecule has 0 spiro atoms. The molecule has 0 radical (unpaired) electrons. The molecule has 0 aliphatic carbocycles. The molecule has 0 atom stereocenters. The Morgan fingerprint density at radius 1 is 1.28 bits per heavy atom. The van der Waals surface area contributed by atoms with Gasteiger partial charge in [-0.15, -0.1) is 0 Å². The molecule has 0 saturated carbocycles. The quantitative estimate of drug-likeness (QED) is 0.724. The van der Waals surface area contributed by atoms with E-state index in [1.165, 1.54) is 17.4 Å². The van der Waals surface area contributed by atoms with Crippen LogP contribution in [0.5, 0.6) is 0 Å². The largest absolute Gasteiger partial charge is 0.264 e. The maximum Gasteiger partial charge on any atom is 0.264 e. The number of hydrogen-bond acceptors (Lipinski definition) is 7. The molecule has 25 heavy (non-hydrogen) atoms. The Balaban J connectivity index is 2.11. The number of rotatable bonds is 7. The first-order valence-electron chi connectivity index (χ1n) is 7.02. The van der Waals surface area contributed by atoms with Gasteiger partial charge in [0.05, 0.1) is 11.2 Å².